The number of aliphatic carboxylic acids is 2. The Balaban J connectivity index is 0.000000273. The predicted octanol–water partition coefficient (Wildman–Crippen LogP) is 1.51. The lowest BCUT2D eigenvalue weighted by Crippen LogP contribution is -2.39. The molecule has 2 amide bonds. The average Bonchev–Trinajstić information content (AvgIpc) is 2.66. The number of carboxylic acid groups (broad SMARTS) is 2. The fourth-order valence-corrected chi connectivity index (χ4v) is 1.94. The fourth-order valence-electron chi connectivity index (χ4n) is 1.94. The molecule has 0 radical (unpaired) electrons. The number of hydrogen-bond acceptors (Lipinski definition) is 4. The molecule has 8 heteroatoms. The van der Waals surface area contributed by atoms with Gasteiger partial charge in [-0.1, -0.05) is 60.7 Å². The first kappa shape index (κ1) is 20.7. The monoisotopic (exact) mass is 359 g/mol. The van der Waals surface area contributed by atoms with Gasteiger partial charge in [0.2, 0.25) is 0 Å². The molecule has 0 saturated heterocycles. The number of benzene rings is 2. The van der Waals surface area contributed by atoms with E-state index in [0.29, 0.717) is 11.1 Å². The van der Waals surface area contributed by atoms with Crippen molar-refractivity contribution in [3.8, 4) is 0 Å². The third-order valence-corrected chi connectivity index (χ3v) is 3.31. The maximum absolute atomic E-state index is 11.0. The van der Waals surface area contributed by atoms with Gasteiger partial charge in [-0.3, -0.25) is 4.79 Å². The van der Waals surface area contributed by atoms with Crippen LogP contribution in [0, 0.1) is 0 Å². The van der Waals surface area contributed by atoms with Crippen molar-refractivity contribution < 1.29 is 24.6 Å². The lowest BCUT2D eigenvalue weighted by atomic mass is 10.1. The fraction of sp³-hybridized carbons (Fsp3) is 0.167. The minimum atomic E-state index is -1.09. The summed E-state index contributed by atoms with van der Waals surface area (Å²) in [7, 11) is 1.43. The molecule has 0 aliphatic carbocycles. The summed E-state index contributed by atoms with van der Waals surface area (Å²) in [5.41, 5.74) is 6.50. The molecule has 6 N–H and O–H groups in total. The number of carbonyl (C=O) groups is 3. The van der Waals surface area contributed by atoms with E-state index in [0.717, 1.165) is 0 Å². The normalized spacial score (nSPS) is 11.9. The Hall–Kier alpha value is -3.39. The minimum absolute atomic E-state index is 0.522. The molecule has 26 heavy (non-hydrogen) atoms. The number of carbonyl (C=O) groups excluding carboxylic acids is 1. The highest BCUT2D eigenvalue weighted by Crippen LogP contribution is 2.12. The van der Waals surface area contributed by atoms with Crippen LogP contribution in [0.3, 0.4) is 0 Å². The third-order valence-electron chi connectivity index (χ3n) is 3.31. The van der Waals surface area contributed by atoms with Gasteiger partial charge in [0.25, 0.3) is 0 Å². The van der Waals surface area contributed by atoms with E-state index in [9.17, 15) is 14.4 Å². The first-order valence-electron chi connectivity index (χ1n) is 7.66. The van der Waals surface area contributed by atoms with Crippen LogP contribution in [0.4, 0.5) is 4.79 Å². The molecule has 0 aliphatic rings. The Kier molecular flexibility index (Phi) is 8.32. The van der Waals surface area contributed by atoms with Gasteiger partial charge in [-0.05, 0) is 11.1 Å². The van der Waals surface area contributed by atoms with Gasteiger partial charge in [-0.2, -0.15) is 0 Å². The van der Waals surface area contributed by atoms with Gasteiger partial charge in [0.05, 0.1) is 0 Å². The highest BCUT2D eigenvalue weighted by atomic mass is 16.4. The zero-order valence-electron chi connectivity index (χ0n) is 14.1. The Labute approximate surface area is 150 Å². The summed E-state index contributed by atoms with van der Waals surface area (Å²) in [6, 6.07) is 14.8. The molecule has 2 aromatic rings. The predicted molar refractivity (Wildman–Crippen MR) is 95.4 cm³/mol. The summed E-state index contributed by atoms with van der Waals surface area (Å²) >= 11 is 0. The zero-order valence-corrected chi connectivity index (χ0v) is 14.1. The third kappa shape index (κ3) is 6.62. The summed E-state index contributed by atoms with van der Waals surface area (Å²) in [5.74, 6) is -2.10. The highest BCUT2D eigenvalue weighted by Gasteiger charge is 2.20. The molecule has 0 unspecified atom stereocenters. The van der Waals surface area contributed by atoms with Crippen LogP contribution in [-0.4, -0.2) is 35.2 Å². The van der Waals surface area contributed by atoms with E-state index < -0.39 is 30.1 Å². The second kappa shape index (κ2) is 10.5. The number of amides is 2. The van der Waals surface area contributed by atoms with Crippen LogP contribution in [0.5, 0.6) is 0 Å². The molecule has 0 spiro atoms. The zero-order chi connectivity index (χ0) is 19.5. The number of urea groups is 1. The topological polar surface area (TPSA) is 142 Å². The van der Waals surface area contributed by atoms with E-state index in [-0.39, 0.29) is 0 Å². The Morgan fingerprint density at radius 1 is 0.846 bits per heavy atom. The first-order valence-corrected chi connectivity index (χ1v) is 7.66. The van der Waals surface area contributed by atoms with Gasteiger partial charge >= 0.3 is 18.0 Å². The summed E-state index contributed by atoms with van der Waals surface area (Å²) in [6.45, 7) is 0. The molecule has 0 heterocycles. The molecule has 2 aromatic carbocycles. The lowest BCUT2D eigenvalue weighted by Gasteiger charge is -2.14. The van der Waals surface area contributed by atoms with Crippen molar-refractivity contribution in [2.24, 2.45) is 5.73 Å². The molecule has 0 aromatic heterocycles. The van der Waals surface area contributed by atoms with E-state index in [1.54, 1.807) is 54.6 Å². The van der Waals surface area contributed by atoms with Gasteiger partial charge in [-0.25, -0.2) is 9.59 Å². The van der Waals surface area contributed by atoms with E-state index >= 15 is 0 Å². The molecule has 8 nitrogen and oxygen atoms in total. The van der Waals surface area contributed by atoms with Crippen LogP contribution in [0.2, 0.25) is 0 Å². The van der Waals surface area contributed by atoms with Crippen molar-refractivity contribution in [1.29, 1.82) is 0 Å². The smallest absolute Gasteiger partial charge is 0.330 e. The summed E-state index contributed by atoms with van der Waals surface area (Å²) < 4.78 is 0. The number of nitrogens with two attached hydrogens (primary N) is 1. The molecule has 0 saturated carbocycles. The van der Waals surface area contributed by atoms with Crippen LogP contribution in [0.15, 0.2) is 60.7 Å². The second-order valence-electron chi connectivity index (χ2n) is 5.13. The van der Waals surface area contributed by atoms with E-state index in [1.165, 1.54) is 7.05 Å². The van der Waals surface area contributed by atoms with E-state index in [1.807, 2.05) is 6.07 Å². The van der Waals surface area contributed by atoms with Crippen molar-refractivity contribution in [2.45, 2.75) is 12.1 Å². The number of hydrogen-bond donors (Lipinski definition) is 5. The van der Waals surface area contributed by atoms with Crippen LogP contribution in [-0.2, 0) is 9.59 Å². The maximum Gasteiger partial charge on any atom is 0.330 e. The summed E-state index contributed by atoms with van der Waals surface area (Å²) in [4.78, 5) is 32.3. The minimum Gasteiger partial charge on any atom is -0.480 e. The lowest BCUT2D eigenvalue weighted by molar-refractivity contribution is -0.140. The molecule has 0 fully saturated rings. The largest absolute Gasteiger partial charge is 0.480 e. The Morgan fingerprint density at radius 3 is 1.69 bits per heavy atom. The number of rotatable bonds is 5. The molecule has 2 atom stereocenters. The van der Waals surface area contributed by atoms with Gasteiger partial charge in [-0.15, -0.1) is 0 Å². The first-order chi connectivity index (χ1) is 12.4. The van der Waals surface area contributed by atoms with Crippen molar-refractivity contribution in [3.63, 3.8) is 0 Å². The van der Waals surface area contributed by atoms with Gasteiger partial charge in [0, 0.05) is 7.05 Å². The summed E-state index contributed by atoms with van der Waals surface area (Å²) in [5, 5.41) is 22.1. The molecule has 0 bridgehead atoms. The van der Waals surface area contributed by atoms with Crippen molar-refractivity contribution >= 4 is 18.0 Å². The van der Waals surface area contributed by atoms with E-state index in [4.69, 9.17) is 15.9 Å². The van der Waals surface area contributed by atoms with Crippen molar-refractivity contribution in [2.75, 3.05) is 7.05 Å². The van der Waals surface area contributed by atoms with Crippen molar-refractivity contribution in [3.05, 3.63) is 71.8 Å². The van der Waals surface area contributed by atoms with Crippen LogP contribution >= 0.6 is 0 Å². The maximum atomic E-state index is 11.0. The van der Waals surface area contributed by atoms with Gasteiger partial charge in [0.15, 0.2) is 6.04 Å². The second-order valence-corrected chi connectivity index (χ2v) is 5.13. The molecule has 2 rings (SSSR count). The standard InChI is InChI=1S/C10H12N2O3.C8H9NO2/c1-11-10(15)12-8(9(13)14)7-5-3-2-4-6-7;9-7(8(10)11)6-4-2-1-3-5-6/h2-6,8H,1H3,(H,13,14)(H2,11,12,15);1-5,7H,9H2,(H,10,11)/t8-;7-/m11/s1. The molecular formula is C18H21N3O5. The van der Waals surface area contributed by atoms with E-state index in [2.05, 4.69) is 10.6 Å². The summed E-state index contributed by atoms with van der Waals surface area (Å²) in [6.07, 6.45) is 0. The quantitative estimate of drug-likeness (QED) is 0.548. The number of carboxylic acids is 2. The Bertz CT molecular complexity index is 722. The van der Waals surface area contributed by atoms with Crippen LogP contribution in [0.25, 0.3) is 0 Å². The molecule has 138 valence electrons. The molecule has 0 aliphatic heterocycles. The van der Waals surface area contributed by atoms with Crippen LogP contribution < -0.4 is 16.4 Å². The van der Waals surface area contributed by atoms with Gasteiger partial charge in [0.1, 0.15) is 6.04 Å². The average molecular weight is 359 g/mol. The highest BCUT2D eigenvalue weighted by molar-refractivity contribution is 5.83. The number of nitrogens with one attached hydrogen (secondary N) is 2. The van der Waals surface area contributed by atoms with Crippen molar-refractivity contribution in [1.82, 2.24) is 10.6 Å². The van der Waals surface area contributed by atoms with Crippen LogP contribution in [0.1, 0.15) is 23.2 Å². The molecular weight excluding hydrogens is 338 g/mol. The van der Waals surface area contributed by atoms with Gasteiger partial charge < -0.3 is 26.6 Å². The SMILES string of the molecule is CNC(=O)N[C@@H](C(=O)O)c1ccccc1.N[C@@H](C(=O)O)c1ccccc1. The Morgan fingerprint density at radius 2 is 1.31 bits per heavy atom.